The molecule has 1 rings (SSSR count). The molecule has 1 aromatic carbocycles. The Bertz CT molecular complexity index is 357. The van der Waals surface area contributed by atoms with E-state index in [1.54, 1.807) is 0 Å². The molecule has 0 fully saturated rings. The SMILES string of the molecule is COc1cc(O)ccc1[C@@H](N)C(F)(F)F.Cl. The number of methoxy groups -OCH3 is 1. The molecule has 0 aliphatic heterocycles. The molecular weight excluding hydrogens is 247 g/mol. The lowest BCUT2D eigenvalue weighted by atomic mass is 10.1. The van der Waals surface area contributed by atoms with Crippen LogP contribution in [0.1, 0.15) is 11.6 Å². The van der Waals surface area contributed by atoms with Crippen LogP contribution in [0.15, 0.2) is 18.2 Å². The standard InChI is InChI=1S/C9H10F3NO2.ClH/c1-15-7-4-5(14)2-3-6(7)8(13)9(10,11)12;/h2-4,8,14H,13H2,1H3;1H/t8-;/m1./s1. The van der Waals surface area contributed by atoms with Crippen molar-refractivity contribution in [3.05, 3.63) is 23.8 Å². The lowest BCUT2D eigenvalue weighted by Crippen LogP contribution is -2.28. The first-order valence-corrected chi connectivity index (χ1v) is 4.05. The largest absolute Gasteiger partial charge is 0.508 e. The molecule has 3 N–H and O–H groups in total. The average Bonchev–Trinajstić information content (AvgIpc) is 2.15. The first-order valence-electron chi connectivity index (χ1n) is 4.05. The van der Waals surface area contributed by atoms with Crippen molar-refractivity contribution < 1.29 is 23.0 Å². The minimum absolute atomic E-state index is 0. The summed E-state index contributed by atoms with van der Waals surface area (Å²) >= 11 is 0. The number of aromatic hydroxyl groups is 1. The highest BCUT2D eigenvalue weighted by Gasteiger charge is 2.39. The molecule has 0 saturated heterocycles. The molecule has 92 valence electrons. The van der Waals surface area contributed by atoms with Crippen molar-refractivity contribution in [1.29, 1.82) is 0 Å². The van der Waals surface area contributed by atoms with Crippen LogP contribution < -0.4 is 10.5 Å². The summed E-state index contributed by atoms with van der Waals surface area (Å²) in [6.45, 7) is 0. The number of hydrogen-bond acceptors (Lipinski definition) is 3. The number of nitrogens with two attached hydrogens (primary N) is 1. The number of hydrogen-bond donors (Lipinski definition) is 2. The Kier molecular flexibility index (Phi) is 4.89. The summed E-state index contributed by atoms with van der Waals surface area (Å²) < 4.78 is 41.6. The van der Waals surface area contributed by atoms with E-state index in [1.807, 2.05) is 0 Å². The number of ether oxygens (including phenoxy) is 1. The Morgan fingerprint density at radius 2 is 1.94 bits per heavy atom. The fourth-order valence-corrected chi connectivity index (χ4v) is 1.13. The molecule has 16 heavy (non-hydrogen) atoms. The summed E-state index contributed by atoms with van der Waals surface area (Å²) in [6.07, 6.45) is -4.54. The predicted octanol–water partition coefficient (Wildman–Crippen LogP) is 2.38. The fourth-order valence-electron chi connectivity index (χ4n) is 1.13. The van der Waals surface area contributed by atoms with Gasteiger partial charge in [0.15, 0.2) is 0 Å². The Hall–Kier alpha value is -1.14. The van der Waals surface area contributed by atoms with Crippen molar-refractivity contribution in [2.45, 2.75) is 12.2 Å². The highest BCUT2D eigenvalue weighted by Crippen LogP contribution is 2.36. The Morgan fingerprint density at radius 1 is 1.38 bits per heavy atom. The predicted molar refractivity (Wildman–Crippen MR) is 54.9 cm³/mol. The van der Waals surface area contributed by atoms with E-state index in [9.17, 15) is 13.2 Å². The number of benzene rings is 1. The van der Waals surface area contributed by atoms with Crippen LogP contribution in [0, 0.1) is 0 Å². The van der Waals surface area contributed by atoms with E-state index >= 15 is 0 Å². The molecule has 0 aliphatic carbocycles. The third-order valence-corrected chi connectivity index (χ3v) is 1.90. The number of rotatable bonds is 2. The Morgan fingerprint density at radius 3 is 2.38 bits per heavy atom. The molecule has 0 bridgehead atoms. The molecule has 0 aliphatic rings. The van der Waals surface area contributed by atoms with Crippen molar-refractivity contribution in [1.82, 2.24) is 0 Å². The molecule has 0 amide bonds. The van der Waals surface area contributed by atoms with Crippen LogP contribution in [-0.2, 0) is 0 Å². The summed E-state index contributed by atoms with van der Waals surface area (Å²) in [6, 6.07) is 1.18. The van der Waals surface area contributed by atoms with Crippen LogP contribution in [0.3, 0.4) is 0 Å². The molecular formula is C9H11ClF3NO2. The van der Waals surface area contributed by atoms with Crippen LogP contribution in [0.4, 0.5) is 13.2 Å². The highest BCUT2D eigenvalue weighted by molar-refractivity contribution is 5.85. The van der Waals surface area contributed by atoms with Gasteiger partial charge in [-0.15, -0.1) is 12.4 Å². The van der Waals surface area contributed by atoms with Gasteiger partial charge in [-0.1, -0.05) is 0 Å². The van der Waals surface area contributed by atoms with Gasteiger partial charge in [0.1, 0.15) is 17.5 Å². The zero-order valence-electron chi connectivity index (χ0n) is 8.28. The fraction of sp³-hybridized carbons (Fsp3) is 0.333. The second kappa shape index (κ2) is 5.27. The summed E-state index contributed by atoms with van der Waals surface area (Å²) in [5.74, 6) is -0.259. The molecule has 1 aromatic rings. The van der Waals surface area contributed by atoms with Crippen LogP contribution in [0.5, 0.6) is 11.5 Å². The smallest absolute Gasteiger partial charge is 0.407 e. The van der Waals surface area contributed by atoms with Crippen molar-refractivity contribution in [2.24, 2.45) is 5.73 Å². The summed E-state index contributed by atoms with van der Waals surface area (Å²) in [7, 11) is 1.21. The van der Waals surface area contributed by atoms with Gasteiger partial charge in [0.2, 0.25) is 0 Å². The van der Waals surface area contributed by atoms with Gasteiger partial charge in [0.05, 0.1) is 7.11 Å². The van der Waals surface area contributed by atoms with Crippen molar-refractivity contribution >= 4 is 12.4 Å². The van der Waals surface area contributed by atoms with E-state index in [0.717, 1.165) is 18.2 Å². The van der Waals surface area contributed by atoms with E-state index < -0.39 is 12.2 Å². The van der Waals surface area contributed by atoms with E-state index in [0.29, 0.717) is 0 Å². The number of alkyl halides is 3. The minimum atomic E-state index is -4.54. The maximum Gasteiger partial charge on any atom is 0.407 e. The third kappa shape index (κ3) is 3.18. The first kappa shape index (κ1) is 14.9. The topological polar surface area (TPSA) is 55.5 Å². The number of phenolic OH excluding ortho intramolecular Hbond substituents is 1. The van der Waals surface area contributed by atoms with Gasteiger partial charge in [-0.05, 0) is 12.1 Å². The van der Waals surface area contributed by atoms with E-state index in [-0.39, 0.29) is 29.5 Å². The van der Waals surface area contributed by atoms with E-state index in [2.05, 4.69) is 0 Å². The van der Waals surface area contributed by atoms with Gasteiger partial charge in [-0.3, -0.25) is 0 Å². The summed E-state index contributed by atoms with van der Waals surface area (Å²) in [5.41, 5.74) is 4.81. The quantitative estimate of drug-likeness (QED) is 0.855. The van der Waals surface area contributed by atoms with Crippen LogP contribution in [0.2, 0.25) is 0 Å². The third-order valence-electron chi connectivity index (χ3n) is 1.90. The zero-order valence-corrected chi connectivity index (χ0v) is 9.10. The number of phenols is 1. The van der Waals surface area contributed by atoms with Gasteiger partial charge in [0.25, 0.3) is 0 Å². The lowest BCUT2D eigenvalue weighted by molar-refractivity contribution is -0.149. The van der Waals surface area contributed by atoms with Gasteiger partial charge < -0.3 is 15.6 Å². The van der Waals surface area contributed by atoms with Gasteiger partial charge >= 0.3 is 6.18 Å². The summed E-state index contributed by atoms with van der Waals surface area (Å²) in [5, 5.41) is 9.05. The molecule has 7 heteroatoms. The van der Waals surface area contributed by atoms with Crippen LogP contribution in [-0.4, -0.2) is 18.4 Å². The zero-order chi connectivity index (χ0) is 11.6. The van der Waals surface area contributed by atoms with Gasteiger partial charge in [0, 0.05) is 11.6 Å². The average molecular weight is 258 g/mol. The lowest BCUT2D eigenvalue weighted by Gasteiger charge is -2.18. The monoisotopic (exact) mass is 257 g/mol. The molecule has 0 unspecified atom stereocenters. The molecule has 3 nitrogen and oxygen atoms in total. The normalized spacial score (nSPS) is 12.8. The van der Waals surface area contributed by atoms with Crippen molar-refractivity contribution in [2.75, 3.05) is 7.11 Å². The van der Waals surface area contributed by atoms with Gasteiger partial charge in [-0.2, -0.15) is 13.2 Å². The van der Waals surface area contributed by atoms with Crippen LogP contribution in [0.25, 0.3) is 0 Å². The highest BCUT2D eigenvalue weighted by atomic mass is 35.5. The molecule has 0 spiro atoms. The molecule has 0 heterocycles. The maximum atomic E-state index is 12.3. The minimum Gasteiger partial charge on any atom is -0.508 e. The van der Waals surface area contributed by atoms with Crippen molar-refractivity contribution in [3.8, 4) is 11.5 Å². The van der Waals surface area contributed by atoms with E-state index in [1.165, 1.54) is 7.11 Å². The number of halogens is 4. The second-order valence-corrected chi connectivity index (χ2v) is 2.95. The molecule has 0 saturated carbocycles. The molecule has 0 aromatic heterocycles. The maximum absolute atomic E-state index is 12.3. The second-order valence-electron chi connectivity index (χ2n) is 2.95. The Balaban J connectivity index is 0.00000225. The first-order chi connectivity index (χ1) is 6.86. The Labute approximate surface area is 96.4 Å². The van der Waals surface area contributed by atoms with E-state index in [4.69, 9.17) is 15.6 Å². The summed E-state index contributed by atoms with van der Waals surface area (Å²) in [4.78, 5) is 0. The molecule has 1 atom stereocenters. The van der Waals surface area contributed by atoms with Gasteiger partial charge in [-0.25, -0.2) is 0 Å². The molecule has 0 radical (unpaired) electrons. The van der Waals surface area contributed by atoms with Crippen molar-refractivity contribution in [3.63, 3.8) is 0 Å². The van der Waals surface area contributed by atoms with Crippen LogP contribution >= 0.6 is 12.4 Å².